The summed E-state index contributed by atoms with van der Waals surface area (Å²) in [4.78, 5) is 0. The molecule has 0 amide bonds. The molecule has 0 bridgehead atoms. The van der Waals surface area contributed by atoms with Crippen LogP contribution in [0, 0.1) is 0 Å². The predicted molar refractivity (Wildman–Crippen MR) is 32.9 cm³/mol. The van der Waals surface area contributed by atoms with E-state index in [0.29, 0.717) is 0 Å². The summed E-state index contributed by atoms with van der Waals surface area (Å²) in [5, 5.41) is 0. The van der Waals surface area contributed by atoms with Gasteiger partial charge in [-0.05, 0) is 20.8 Å². The van der Waals surface area contributed by atoms with Crippen LogP contribution >= 0.6 is 0 Å². The van der Waals surface area contributed by atoms with E-state index in [1.54, 1.807) is 25.5 Å². The van der Waals surface area contributed by atoms with Gasteiger partial charge in [0, 0.05) is 5.54 Å². The van der Waals surface area contributed by atoms with Gasteiger partial charge in [-0.15, -0.1) is 0 Å². The quantitative estimate of drug-likeness (QED) is 0.563. The first-order chi connectivity index (χ1) is 3.71. The molecule has 9 heavy (non-hydrogen) atoms. The monoisotopic (exact) mass is 155 g/mol. The topological polar surface area (TPSA) is 46.2 Å². The van der Waals surface area contributed by atoms with Gasteiger partial charge in [-0.2, -0.15) is 13.1 Å². The van der Waals surface area contributed by atoms with Crippen molar-refractivity contribution in [2.45, 2.75) is 26.3 Å². The average molecular weight is 155 g/mol. The zero-order chi connectivity index (χ0) is 7.71. The third-order valence-electron chi connectivity index (χ3n) is 0.428. The lowest BCUT2D eigenvalue weighted by Gasteiger charge is -2.15. The number of nitrogens with one attached hydrogen (secondary N) is 1. The minimum Gasteiger partial charge on any atom is -0.183 e. The summed E-state index contributed by atoms with van der Waals surface area (Å²) in [6.07, 6.45) is 0. The van der Waals surface area contributed by atoms with E-state index < -0.39 is 15.9 Å². The summed E-state index contributed by atoms with van der Waals surface area (Å²) in [5.74, 6) is 0. The van der Waals surface area contributed by atoms with E-state index >= 15 is 0 Å². The molecule has 0 fully saturated rings. The molecule has 56 valence electrons. The Kier molecular flexibility index (Phi) is 2.19. The van der Waals surface area contributed by atoms with E-state index in [1.165, 1.54) is 0 Å². The molecule has 0 spiro atoms. The fourth-order valence-electron chi connectivity index (χ4n) is 0.366. The van der Waals surface area contributed by atoms with Crippen LogP contribution in [0.3, 0.4) is 0 Å². The van der Waals surface area contributed by atoms with Gasteiger partial charge >= 0.3 is 10.4 Å². The standard InChI is InChI=1S/C4H10FNO2S/c1-4(2,3)6-9(5,7)8/h6H,1-3H3. The van der Waals surface area contributed by atoms with Crippen LogP contribution in [0.15, 0.2) is 0 Å². The second kappa shape index (κ2) is 2.22. The second-order valence-electron chi connectivity index (χ2n) is 2.79. The molecule has 3 nitrogen and oxygen atoms in total. The lowest BCUT2D eigenvalue weighted by molar-refractivity contribution is 0.465. The SMILES string of the molecule is CC(C)(C)NS(=O)(=O)F. The Hall–Kier alpha value is -0.160. The van der Waals surface area contributed by atoms with Crippen LogP contribution < -0.4 is 4.72 Å². The average Bonchev–Trinajstić information content (AvgIpc) is 1.14. The first kappa shape index (κ1) is 8.84. The van der Waals surface area contributed by atoms with E-state index in [9.17, 15) is 12.3 Å². The normalized spacial score (nSPS) is 13.8. The van der Waals surface area contributed by atoms with Gasteiger partial charge in [0.1, 0.15) is 0 Å². The zero-order valence-electron chi connectivity index (χ0n) is 5.60. The van der Waals surface area contributed by atoms with Crippen LogP contribution in [-0.4, -0.2) is 14.0 Å². The molecule has 0 radical (unpaired) electrons. The summed E-state index contributed by atoms with van der Waals surface area (Å²) in [5.41, 5.74) is -0.729. The molecule has 5 heteroatoms. The van der Waals surface area contributed by atoms with Crippen molar-refractivity contribution in [1.29, 1.82) is 0 Å². The van der Waals surface area contributed by atoms with Crippen molar-refractivity contribution >= 4 is 10.4 Å². The summed E-state index contributed by atoms with van der Waals surface area (Å²) in [6, 6.07) is 0. The molecule has 1 N–H and O–H groups in total. The minimum absolute atomic E-state index is 0.729. The molecule has 0 aliphatic heterocycles. The fraction of sp³-hybridized carbons (Fsp3) is 1.00. The van der Waals surface area contributed by atoms with E-state index in [1.807, 2.05) is 0 Å². The lowest BCUT2D eigenvalue weighted by Crippen LogP contribution is -2.38. The molecule has 0 aromatic rings. The van der Waals surface area contributed by atoms with Gasteiger partial charge in [-0.3, -0.25) is 0 Å². The number of hydrogen-bond donors (Lipinski definition) is 1. The number of rotatable bonds is 1. The van der Waals surface area contributed by atoms with Crippen LogP contribution in [0.2, 0.25) is 0 Å². The Morgan fingerprint density at radius 1 is 1.33 bits per heavy atom. The van der Waals surface area contributed by atoms with Crippen LogP contribution in [0.25, 0.3) is 0 Å². The molecular formula is C4H10FNO2S. The van der Waals surface area contributed by atoms with Crippen molar-refractivity contribution in [2.24, 2.45) is 0 Å². The van der Waals surface area contributed by atoms with Crippen molar-refractivity contribution < 1.29 is 12.3 Å². The van der Waals surface area contributed by atoms with Gasteiger partial charge in [0.25, 0.3) is 0 Å². The summed E-state index contributed by atoms with van der Waals surface area (Å²) >= 11 is 0. The highest BCUT2D eigenvalue weighted by Gasteiger charge is 2.17. The van der Waals surface area contributed by atoms with E-state index in [4.69, 9.17) is 0 Å². The summed E-state index contributed by atoms with van der Waals surface area (Å²) in [6.45, 7) is 4.68. The van der Waals surface area contributed by atoms with E-state index in [2.05, 4.69) is 0 Å². The predicted octanol–water partition coefficient (Wildman–Crippen LogP) is 0.589. The lowest BCUT2D eigenvalue weighted by atomic mass is 10.1. The van der Waals surface area contributed by atoms with Gasteiger partial charge in [0.15, 0.2) is 0 Å². The third-order valence-corrected chi connectivity index (χ3v) is 1.28. The van der Waals surface area contributed by atoms with Gasteiger partial charge in [-0.1, -0.05) is 3.89 Å². The Balaban J connectivity index is 4.07. The highest BCUT2D eigenvalue weighted by Crippen LogP contribution is 2.01. The van der Waals surface area contributed by atoms with E-state index in [0.717, 1.165) is 0 Å². The second-order valence-corrected chi connectivity index (χ2v) is 3.87. The van der Waals surface area contributed by atoms with Crippen molar-refractivity contribution in [3.8, 4) is 0 Å². The fourth-order valence-corrected chi connectivity index (χ4v) is 1.10. The molecular weight excluding hydrogens is 145 g/mol. The smallest absolute Gasteiger partial charge is 0.183 e. The van der Waals surface area contributed by atoms with Crippen LogP contribution in [-0.2, 0) is 10.4 Å². The Morgan fingerprint density at radius 3 is 1.67 bits per heavy atom. The molecule has 0 atom stereocenters. The van der Waals surface area contributed by atoms with Crippen molar-refractivity contribution in [3.05, 3.63) is 0 Å². The molecule has 0 saturated carbocycles. The van der Waals surface area contributed by atoms with E-state index in [-0.39, 0.29) is 0 Å². The number of hydrogen-bond acceptors (Lipinski definition) is 2. The summed E-state index contributed by atoms with van der Waals surface area (Å²) < 4.78 is 33.2. The Labute approximate surface area is 54.6 Å². The van der Waals surface area contributed by atoms with Crippen molar-refractivity contribution in [2.75, 3.05) is 0 Å². The molecule has 0 unspecified atom stereocenters. The molecule has 0 aliphatic rings. The third kappa shape index (κ3) is 7.84. The molecule has 0 aromatic carbocycles. The maximum atomic E-state index is 11.7. The first-order valence-corrected chi connectivity index (χ1v) is 3.83. The number of halogens is 1. The van der Waals surface area contributed by atoms with Crippen LogP contribution in [0.4, 0.5) is 3.89 Å². The van der Waals surface area contributed by atoms with Crippen LogP contribution in [0.1, 0.15) is 20.8 Å². The zero-order valence-corrected chi connectivity index (χ0v) is 6.42. The molecule has 0 heterocycles. The van der Waals surface area contributed by atoms with Gasteiger partial charge in [0.2, 0.25) is 0 Å². The highest BCUT2D eigenvalue weighted by molar-refractivity contribution is 7.84. The molecule has 0 aliphatic carbocycles. The maximum Gasteiger partial charge on any atom is 0.372 e. The van der Waals surface area contributed by atoms with Crippen molar-refractivity contribution in [1.82, 2.24) is 4.72 Å². The summed E-state index contributed by atoms with van der Waals surface area (Å²) in [7, 11) is -4.53. The van der Waals surface area contributed by atoms with Gasteiger partial charge in [-0.25, -0.2) is 0 Å². The largest absolute Gasteiger partial charge is 0.372 e. The maximum absolute atomic E-state index is 11.7. The van der Waals surface area contributed by atoms with Gasteiger partial charge in [0.05, 0.1) is 0 Å². The molecule has 0 rings (SSSR count). The van der Waals surface area contributed by atoms with Gasteiger partial charge < -0.3 is 0 Å². The Morgan fingerprint density at radius 2 is 1.67 bits per heavy atom. The highest BCUT2D eigenvalue weighted by atomic mass is 32.3. The first-order valence-electron chi connectivity index (χ1n) is 2.44. The van der Waals surface area contributed by atoms with Crippen molar-refractivity contribution in [3.63, 3.8) is 0 Å². The minimum atomic E-state index is -4.53. The molecule has 0 aromatic heterocycles. The Bertz CT molecular complexity index is 179. The molecule has 0 saturated heterocycles. The van der Waals surface area contributed by atoms with Crippen LogP contribution in [0.5, 0.6) is 0 Å².